The smallest absolute Gasteiger partial charge is 0.229 e. The molecule has 0 spiro atoms. The number of aromatic hydroxyl groups is 3. The zero-order valence-electron chi connectivity index (χ0n) is 19.0. The third-order valence-corrected chi connectivity index (χ3v) is 5.77. The molecular formula is C23H24O13. The summed E-state index contributed by atoms with van der Waals surface area (Å²) in [7, 11) is 2.42. The van der Waals surface area contributed by atoms with Crippen molar-refractivity contribution in [3.63, 3.8) is 0 Å². The third kappa shape index (κ3) is 4.12. The van der Waals surface area contributed by atoms with Gasteiger partial charge in [-0.15, -0.1) is 0 Å². The Morgan fingerprint density at radius 1 is 0.889 bits per heavy atom. The summed E-state index contributed by atoms with van der Waals surface area (Å²) in [6.07, 6.45) is -8.20. The van der Waals surface area contributed by atoms with Crippen molar-refractivity contribution < 1.29 is 59.1 Å². The van der Waals surface area contributed by atoms with Gasteiger partial charge in [0.1, 0.15) is 35.6 Å². The largest absolute Gasteiger partial charge is 0.504 e. The summed E-state index contributed by atoms with van der Waals surface area (Å²) in [6, 6.07) is 4.78. The van der Waals surface area contributed by atoms with Crippen molar-refractivity contribution in [2.45, 2.75) is 30.7 Å². The van der Waals surface area contributed by atoms with Crippen LogP contribution in [0.25, 0.3) is 22.3 Å². The summed E-state index contributed by atoms with van der Waals surface area (Å²) in [5.41, 5.74) is -0.773. The van der Waals surface area contributed by atoms with Gasteiger partial charge in [0, 0.05) is 11.6 Å². The van der Waals surface area contributed by atoms with Gasteiger partial charge in [0.25, 0.3) is 0 Å². The molecule has 0 saturated carbocycles. The minimum absolute atomic E-state index is 0.0369. The number of hydrogen-bond acceptors (Lipinski definition) is 13. The first-order chi connectivity index (χ1) is 17.1. The normalized spacial score (nSPS) is 24.0. The maximum Gasteiger partial charge on any atom is 0.229 e. The van der Waals surface area contributed by atoms with E-state index in [9.17, 15) is 40.5 Å². The molecule has 13 nitrogen and oxygen atoms in total. The second kappa shape index (κ2) is 9.72. The zero-order chi connectivity index (χ0) is 26.3. The van der Waals surface area contributed by atoms with Gasteiger partial charge in [-0.1, -0.05) is 0 Å². The van der Waals surface area contributed by atoms with E-state index in [1.165, 1.54) is 32.4 Å². The summed E-state index contributed by atoms with van der Waals surface area (Å²) in [5, 5.41) is 69.7. The molecule has 2 aromatic carbocycles. The van der Waals surface area contributed by atoms with Crippen LogP contribution in [-0.4, -0.2) is 87.3 Å². The summed E-state index contributed by atoms with van der Waals surface area (Å²) in [4.78, 5) is 13.0. The molecule has 0 aliphatic carbocycles. The van der Waals surface area contributed by atoms with Crippen molar-refractivity contribution in [1.82, 2.24) is 0 Å². The van der Waals surface area contributed by atoms with Crippen molar-refractivity contribution >= 4 is 11.0 Å². The molecule has 3 aromatic rings. The van der Waals surface area contributed by atoms with Crippen LogP contribution in [0.3, 0.4) is 0 Å². The molecule has 5 unspecified atom stereocenters. The Balaban J connectivity index is 1.88. The maximum absolute atomic E-state index is 13.0. The van der Waals surface area contributed by atoms with E-state index in [0.717, 1.165) is 6.07 Å². The molecule has 1 aliphatic heterocycles. The third-order valence-electron chi connectivity index (χ3n) is 5.77. The predicted octanol–water partition coefficient (Wildman–Crippen LogP) is -0.227. The van der Waals surface area contributed by atoms with Crippen LogP contribution in [0.5, 0.6) is 34.5 Å². The Labute approximate surface area is 202 Å². The number of phenols is 3. The summed E-state index contributed by atoms with van der Waals surface area (Å²) in [6.45, 7) is -0.714. The summed E-state index contributed by atoms with van der Waals surface area (Å²) < 4.78 is 27.4. The van der Waals surface area contributed by atoms with E-state index in [4.69, 9.17) is 23.4 Å². The zero-order valence-corrected chi connectivity index (χ0v) is 19.0. The number of benzene rings is 2. The lowest BCUT2D eigenvalue weighted by molar-refractivity contribution is -0.277. The Hall–Kier alpha value is -3.75. The molecule has 1 fully saturated rings. The molecule has 5 atom stereocenters. The summed E-state index contributed by atoms with van der Waals surface area (Å²) >= 11 is 0. The highest BCUT2D eigenvalue weighted by Crippen LogP contribution is 2.51. The Kier molecular flexibility index (Phi) is 6.84. The molecule has 4 rings (SSSR count). The van der Waals surface area contributed by atoms with Crippen LogP contribution in [0.4, 0.5) is 0 Å². The molecule has 2 heterocycles. The van der Waals surface area contributed by atoms with Crippen LogP contribution in [0.1, 0.15) is 0 Å². The van der Waals surface area contributed by atoms with E-state index in [1.807, 2.05) is 0 Å². The molecule has 1 aliphatic rings. The molecule has 194 valence electrons. The van der Waals surface area contributed by atoms with Gasteiger partial charge in [0.2, 0.25) is 23.5 Å². The average molecular weight is 508 g/mol. The molecule has 7 N–H and O–H groups in total. The van der Waals surface area contributed by atoms with Crippen LogP contribution in [-0.2, 0) is 4.74 Å². The van der Waals surface area contributed by atoms with Gasteiger partial charge < -0.3 is 59.1 Å². The number of methoxy groups -OCH3 is 2. The second-order valence-corrected chi connectivity index (χ2v) is 7.94. The monoisotopic (exact) mass is 508 g/mol. The predicted molar refractivity (Wildman–Crippen MR) is 120 cm³/mol. The molecule has 0 radical (unpaired) electrons. The SMILES string of the molecule is COc1c(OC2OC(CO)C(O)C(O)C2O)c(O)c2c(=O)cc(-c3ccc(O)c(O)c3)oc2c1OC. The van der Waals surface area contributed by atoms with E-state index in [2.05, 4.69) is 0 Å². The van der Waals surface area contributed by atoms with Crippen molar-refractivity contribution in [1.29, 1.82) is 0 Å². The van der Waals surface area contributed by atoms with Gasteiger partial charge in [-0.2, -0.15) is 0 Å². The van der Waals surface area contributed by atoms with Crippen molar-refractivity contribution in [3.05, 3.63) is 34.5 Å². The number of aliphatic hydroxyl groups excluding tert-OH is 4. The lowest BCUT2D eigenvalue weighted by Crippen LogP contribution is -2.60. The molecular weight excluding hydrogens is 484 g/mol. The molecule has 0 bridgehead atoms. The first kappa shape index (κ1) is 25.3. The van der Waals surface area contributed by atoms with Gasteiger partial charge in [0.15, 0.2) is 28.3 Å². The van der Waals surface area contributed by atoms with Crippen LogP contribution in [0, 0.1) is 0 Å². The van der Waals surface area contributed by atoms with Gasteiger partial charge in [0.05, 0.1) is 20.8 Å². The van der Waals surface area contributed by atoms with Crippen LogP contribution >= 0.6 is 0 Å². The van der Waals surface area contributed by atoms with E-state index in [-0.39, 0.29) is 39.5 Å². The fraction of sp³-hybridized carbons (Fsp3) is 0.348. The summed E-state index contributed by atoms with van der Waals surface area (Å²) in [5.74, 6) is -2.60. The van der Waals surface area contributed by atoms with Gasteiger partial charge in [-0.25, -0.2) is 0 Å². The fourth-order valence-electron chi connectivity index (χ4n) is 3.88. The highest BCUT2D eigenvalue weighted by atomic mass is 16.7. The lowest BCUT2D eigenvalue weighted by atomic mass is 9.99. The van der Waals surface area contributed by atoms with Gasteiger partial charge in [-0.3, -0.25) is 4.79 Å². The topological polar surface area (TPSA) is 209 Å². The van der Waals surface area contributed by atoms with Crippen molar-refractivity contribution in [2.24, 2.45) is 0 Å². The molecule has 0 amide bonds. The number of hydrogen-bond donors (Lipinski definition) is 7. The highest BCUT2D eigenvalue weighted by molar-refractivity contribution is 5.95. The van der Waals surface area contributed by atoms with Gasteiger partial charge >= 0.3 is 0 Å². The van der Waals surface area contributed by atoms with Gasteiger partial charge in [-0.05, 0) is 18.2 Å². The standard InChI is InChI=1S/C23H24O13/c1-32-21-19-14(11(27)6-12(34-19)8-3-4-9(25)10(26)5-8)16(29)20(22(21)33-2)36-23-18(31)17(30)15(28)13(7-24)35-23/h3-6,13,15,17-18,23-26,28-31H,7H2,1-2H3. The molecule has 1 aromatic heterocycles. The average Bonchev–Trinajstić information content (AvgIpc) is 2.86. The first-order valence-corrected chi connectivity index (χ1v) is 10.6. The van der Waals surface area contributed by atoms with E-state index in [1.54, 1.807) is 0 Å². The Morgan fingerprint density at radius 2 is 1.58 bits per heavy atom. The van der Waals surface area contributed by atoms with Crippen LogP contribution < -0.4 is 19.6 Å². The lowest BCUT2D eigenvalue weighted by Gasteiger charge is -2.39. The first-order valence-electron chi connectivity index (χ1n) is 10.6. The quantitative estimate of drug-likeness (QED) is 0.215. The van der Waals surface area contributed by atoms with E-state index >= 15 is 0 Å². The second-order valence-electron chi connectivity index (χ2n) is 7.94. The van der Waals surface area contributed by atoms with E-state index < -0.39 is 60.0 Å². The number of aliphatic hydroxyl groups is 4. The van der Waals surface area contributed by atoms with Crippen molar-refractivity contribution in [3.8, 4) is 45.8 Å². The number of rotatable bonds is 6. The molecule has 36 heavy (non-hydrogen) atoms. The Bertz CT molecular complexity index is 1330. The van der Waals surface area contributed by atoms with Crippen LogP contribution in [0.15, 0.2) is 33.5 Å². The van der Waals surface area contributed by atoms with Crippen molar-refractivity contribution in [2.75, 3.05) is 20.8 Å². The molecule has 1 saturated heterocycles. The number of ether oxygens (including phenoxy) is 4. The fourth-order valence-corrected chi connectivity index (χ4v) is 3.88. The van der Waals surface area contributed by atoms with E-state index in [0.29, 0.717) is 0 Å². The maximum atomic E-state index is 13.0. The minimum atomic E-state index is -1.81. The Morgan fingerprint density at radius 3 is 2.19 bits per heavy atom. The number of fused-ring (bicyclic) bond motifs is 1. The highest BCUT2D eigenvalue weighted by Gasteiger charge is 2.45. The number of phenolic OH excluding ortho intramolecular Hbond substituents is 3. The minimum Gasteiger partial charge on any atom is -0.504 e. The van der Waals surface area contributed by atoms with Crippen LogP contribution in [0.2, 0.25) is 0 Å². The molecule has 13 heteroatoms.